The normalized spacial score (nSPS) is 10.4. The van der Waals surface area contributed by atoms with E-state index in [-0.39, 0.29) is 0 Å². The Bertz CT molecular complexity index is 600. The van der Waals surface area contributed by atoms with E-state index in [2.05, 4.69) is 4.98 Å². The predicted octanol–water partition coefficient (Wildman–Crippen LogP) is 3.95. The van der Waals surface area contributed by atoms with E-state index < -0.39 is 0 Å². The standard InChI is InChI=1S/C13H12Cl2N2O/c1-7-3-4-17-13(12(7)16)8-5-10(15)11(18-2)6-9(8)14/h3-6H,16H2,1-2H3. The molecule has 2 N–H and O–H groups in total. The summed E-state index contributed by atoms with van der Waals surface area (Å²) >= 11 is 12.3. The molecule has 0 saturated carbocycles. The van der Waals surface area contributed by atoms with Crippen LogP contribution in [0.5, 0.6) is 5.75 Å². The fraction of sp³-hybridized carbons (Fsp3) is 0.154. The maximum Gasteiger partial charge on any atom is 0.138 e. The van der Waals surface area contributed by atoms with Crippen LogP contribution in [0.4, 0.5) is 5.69 Å². The summed E-state index contributed by atoms with van der Waals surface area (Å²) in [6.45, 7) is 1.92. The van der Waals surface area contributed by atoms with Crippen LogP contribution in [0.3, 0.4) is 0 Å². The zero-order chi connectivity index (χ0) is 13.3. The zero-order valence-electron chi connectivity index (χ0n) is 10.00. The highest BCUT2D eigenvalue weighted by Crippen LogP contribution is 2.38. The smallest absolute Gasteiger partial charge is 0.138 e. The van der Waals surface area contributed by atoms with Gasteiger partial charge in [0.15, 0.2) is 0 Å². The van der Waals surface area contributed by atoms with E-state index in [1.807, 2.05) is 13.0 Å². The Morgan fingerprint density at radius 3 is 2.61 bits per heavy atom. The van der Waals surface area contributed by atoms with Gasteiger partial charge in [-0.05, 0) is 24.6 Å². The van der Waals surface area contributed by atoms with Crippen LogP contribution >= 0.6 is 23.2 Å². The Hall–Kier alpha value is -1.45. The molecule has 0 saturated heterocycles. The van der Waals surface area contributed by atoms with Crippen molar-refractivity contribution in [2.75, 3.05) is 12.8 Å². The molecule has 0 fully saturated rings. The Balaban J connectivity index is 2.64. The number of rotatable bonds is 2. The summed E-state index contributed by atoms with van der Waals surface area (Å²) in [5.74, 6) is 0.525. The first-order valence-corrected chi connectivity index (χ1v) is 6.04. The lowest BCUT2D eigenvalue weighted by Gasteiger charge is -2.11. The molecular weight excluding hydrogens is 271 g/mol. The van der Waals surface area contributed by atoms with E-state index in [1.165, 1.54) is 7.11 Å². The number of hydrogen-bond donors (Lipinski definition) is 1. The van der Waals surface area contributed by atoms with Gasteiger partial charge in [-0.15, -0.1) is 0 Å². The molecule has 94 valence electrons. The minimum atomic E-state index is 0.472. The van der Waals surface area contributed by atoms with E-state index in [1.54, 1.807) is 18.3 Å². The molecule has 0 spiro atoms. The minimum Gasteiger partial charge on any atom is -0.495 e. The van der Waals surface area contributed by atoms with Crippen molar-refractivity contribution in [1.82, 2.24) is 4.98 Å². The quantitative estimate of drug-likeness (QED) is 0.907. The number of aryl methyl sites for hydroxylation is 1. The Kier molecular flexibility index (Phi) is 3.64. The Morgan fingerprint density at radius 1 is 1.22 bits per heavy atom. The Morgan fingerprint density at radius 2 is 1.94 bits per heavy atom. The second-order valence-electron chi connectivity index (χ2n) is 3.86. The van der Waals surface area contributed by atoms with Crippen molar-refractivity contribution in [2.45, 2.75) is 6.92 Å². The predicted molar refractivity (Wildman–Crippen MR) is 75.4 cm³/mol. The van der Waals surface area contributed by atoms with Gasteiger partial charge in [0.05, 0.1) is 28.5 Å². The molecule has 0 aliphatic heterocycles. The van der Waals surface area contributed by atoms with Gasteiger partial charge in [0.25, 0.3) is 0 Å². The van der Waals surface area contributed by atoms with Crippen molar-refractivity contribution >= 4 is 28.9 Å². The number of aromatic nitrogens is 1. The summed E-state index contributed by atoms with van der Waals surface area (Å²) in [7, 11) is 1.54. The van der Waals surface area contributed by atoms with E-state index in [0.717, 1.165) is 5.56 Å². The second kappa shape index (κ2) is 5.04. The van der Waals surface area contributed by atoms with Crippen molar-refractivity contribution < 1.29 is 4.74 Å². The number of benzene rings is 1. The topological polar surface area (TPSA) is 48.1 Å². The number of pyridine rings is 1. The van der Waals surface area contributed by atoms with Gasteiger partial charge >= 0.3 is 0 Å². The van der Waals surface area contributed by atoms with Crippen molar-refractivity contribution in [3.05, 3.63) is 40.0 Å². The second-order valence-corrected chi connectivity index (χ2v) is 4.67. The molecule has 2 aromatic rings. The molecule has 0 atom stereocenters. The Labute approximate surface area is 115 Å². The van der Waals surface area contributed by atoms with E-state index in [4.69, 9.17) is 33.7 Å². The molecular formula is C13H12Cl2N2O. The summed E-state index contributed by atoms with van der Waals surface area (Å²) < 4.78 is 5.10. The van der Waals surface area contributed by atoms with Crippen LogP contribution in [0.25, 0.3) is 11.3 Å². The third-order valence-corrected chi connectivity index (χ3v) is 3.31. The number of halogens is 2. The monoisotopic (exact) mass is 282 g/mol. The maximum absolute atomic E-state index is 6.20. The van der Waals surface area contributed by atoms with Crippen LogP contribution in [0, 0.1) is 6.92 Å². The summed E-state index contributed by atoms with van der Waals surface area (Å²) in [6.07, 6.45) is 1.69. The lowest BCUT2D eigenvalue weighted by molar-refractivity contribution is 0.415. The first-order chi connectivity index (χ1) is 8.54. The van der Waals surface area contributed by atoms with E-state index in [0.29, 0.717) is 32.7 Å². The summed E-state index contributed by atoms with van der Waals surface area (Å²) in [4.78, 5) is 4.26. The van der Waals surface area contributed by atoms with Gasteiger partial charge in [0, 0.05) is 17.8 Å². The molecule has 0 aliphatic rings. The van der Waals surface area contributed by atoms with Crippen LogP contribution in [0.15, 0.2) is 24.4 Å². The minimum absolute atomic E-state index is 0.472. The van der Waals surface area contributed by atoms with Crippen LogP contribution in [-0.2, 0) is 0 Å². The van der Waals surface area contributed by atoms with Crippen LogP contribution in [0.2, 0.25) is 10.0 Å². The molecule has 2 rings (SSSR count). The van der Waals surface area contributed by atoms with Gasteiger partial charge in [0.1, 0.15) is 5.75 Å². The molecule has 3 nitrogen and oxygen atoms in total. The molecule has 1 heterocycles. The fourth-order valence-corrected chi connectivity index (χ4v) is 2.13. The number of methoxy groups -OCH3 is 1. The molecule has 0 amide bonds. The van der Waals surface area contributed by atoms with Crippen molar-refractivity contribution in [3.63, 3.8) is 0 Å². The number of hydrogen-bond acceptors (Lipinski definition) is 3. The van der Waals surface area contributed by atoms with Crippen molar-refractivity contribution in [1.29, 1.82) is 0 Å². The summed E-state index contributed by atoms with van der Waals surface area (Å²) in [5, 5.41) is 0.973. The lowest BCUT2D eigenvalue weighted by atomic mass is 10.1. The van der Waals surface area contributed by atoms with Gasteiger partial charge in [-0.25, -0.2) is 0 Å². The molecule has 0 aliphatic carbocycles. The van der Waals surface area contributed by atoms with Gasteiger partial charge in [-0.2, -0.15) is 0 Å². The average Bonchev–Trinajstić information content (AvgIpc) is 2.35. The van der Waals surface area contributed by atoms with Gasteiger partial charge < -0.3 is 10.5 Å². The molecule has 5 heteroatoms. The molecule has 18 heavy (non-hydrogen) atoms. The zero-order valence-corrected chi connectivity index (χ0v) is 11.5. The fourth-order valence-electron chi connectivity index (χ4n) is 1.65. The summed E-state index contributed by atoms with van der Waals surface area (Å²) in [6, 6.07) is 5.21. The molecule has 0 bridgehead atoms. The van der Waals surface area contributed by atoms with Crippen LogP contribution in [-0.4, -0.2) is 12.1 Å². The SMILES string of the molecule is COc1cc(Cl)c(-c2nccc(C)c2N)cc1Cl. The number of nitrogen functional groups attached to an aromatic ring is 1. The maximum atomic E-state index is 6.20. The first-order valence-electron chi connectivity index (χ1n) is 5.29. The van der Waals surface area contributed by atoms with Gasteiger partial charge in [0.2, 0.25) is 0 Å². The number of nitrogens with zero attached hydrogens (tertiary/aromatic N) is 1. The lowest BCUT2D eigenvalue weighted by Crippen LogP contribution is -1.97. The number of nitrogens with two attached hydrogens (primary N) is 1. The third kappa shape index (κ3) is 2.24. The van der Waals surface area contributed by atoms with Crippen molar-refractivity contribution in [3.8, 4) is 17.0 Å². The van der Waals surface area contributed by atoms with Crippen molar-refractivity contribution in [2.24, 2.45) is 0 Å². The molecule has 0 unspecified atom stereocenters. The van der Waals surface area contributed by atoms with Crippen LogP contribution < -0.4 is 10.5 Å². The number of ether oxygens (including phenoxy) is 1. The molecule has 1 aromatic heterocycles. The average molecular weight is 283 g/mol. The largest absolute Gasteiger partial charge is 0.495 e. The van der Waals surface area contributed by atoms with Crippen LogP contribution in [0.1, 0.15) is 5.56 Å². The molecule has 1 aromatic carbocycles. The van der Waals surface area contributed by atoms with E-state index >= 15 is 0 Å². The van der Waals surface area contributed by atoms with E-state index in [9.17, 15) is 0 Å². The van der Waals surface area contributed by atoms with Gasteiger partial charge in [-0.3, -0.25) is 4.98 Å². The number of anilines is 1. The highest BCUT2D eigenvalue weighted by Gasteiger charge is 2.13. The molecule has 0 radical (unpaired) electrons. The van der Waals surface area contributed by atoms with Gasteiger partial charge in [-0.1, -0.05) is 23.2 Å². The summed E-state index contributed by atoms with van der Waals surface area (Å²) in [5.41, 5.74) is 8.88. The third-order valence-electron chi connectivity index (χ3n) is 2.70. The highest BCUT2D eigenvalue weighted by molar-refractivity contribution is 6.36. The highest BCUT2D eigenvalue weighted by atomic mass is 35.5. The first kappa shape index (κ1) is 13.0.